The highest BCUT2D eigenvalue weighted by atomic mass is 35.5. The van der Waals surface area contributed by atoms with Crippen molar-refractivity contribution in [2.75, 3.05) is 0 Å². The van der Waals surface area contributed by atoms with Gasteiger partial charge in [0.25, 0.3) is 0 Å². The first-order chi connectivity index (χ1) is 8.63. The van der Waals surface area contributed by atoms with Crippen LogP contribution in [0.2, 0.25) is 5.02 Å². The van der Waals surface area contributed by atoms with Crippen molar-refractivity contribution in [2.45, 2.75) is 43.9 Å². The van der Waals surface area contributed by atoms with Gasteiger partial charge in [0.05, 0.1) is 12.2 Å². The molecule has 18 heavy (non-hydrogen) atoms. The second-order valence-corrected chi connectivity index (χ2v) is 5.81. The van der Waals surface area contributed by atoms with E-state index < -0.39 is 0 Å². The van der Waals surface area contributed by atoms with Gasteiger partial charge in [-0.1, -0.05) is 17.7 Å². The molecule has 4 atom stereocenters. The standard InChI is InChI=1S/C14H17ClFNO/c15-9-2-1-8(12(16)6-9)5-13(17)11-7-10-3-4-14(11)18-10/h1-2,6,10-11,13-14H,3-5,7,17H2. The summed E-state index contributed by atoms with van der Waals surface area (Å²) in [7, 11) is 0. The molecular weight excluding hydrogens is 253 g/mol. The monoisotopic (exact) mass is 269 g/mol. The van der Waals surface area contributed by atoms with E-state index in [1.165, 1.54) is 6.07 Å². The van der Waals surface area contributed by atoms with Crippen molar-refractivity contribution in [3.63, 3.8) is 0 Å². The lowest BCUT2D eigenvalue weighted by Crippen LogP contribution is -2.38. The minimum absolute atomic E-state index is 0.0315. The molecular formula is C14H17ClFNO. The molecule has 1 aromatic carbocycles. The number of nitrogens with two attached hydrogens (primary N) is 1. The highest BCUT2D eigenvalue weighted by Gasteiger charge is 2.43. The van der Waals surface area contributed by atoms with Gasteiger partial charge in [-0.05, 0) is 43.4 Å². The molecule has 2 saturated heterocycles. The Balaban J connectivity index is 1.69. The normalized spacial score (nSPS) is 31.8. The summed E-state index contributed by atoms with van der Waals surface area (Å²) >= 11 is 5.74. The van der Waals surface area contributed by atoms with Crippen LogP contribution in [0.25, 0.3) is 0 Å². The van der Waals surface area contributed by atoms with Gasteiger partial charge in [0.2, 0.25) is 0 Å². The molecule has 1 aromatic rings. The lowest BCUT2D eigenvalue weighted by atomic mass is 9.82. The SMILES string of the molecule is NC(Cc1ccc(Cl)cc1F)C1CC2CCC1O2. The highest BCUT2D eigenvalue weighted by molar-refractivity contribution is 6.30. The average Bonchev–Trinajstić information content (AvgIpc) is 2.94. The van der Waals surface area contributed by atoms with Gasteiger partial charge in [-0.15, -0.1) is 0 Å². The fourth-order valence-corrected chi connectivity index (χ4v) is 3.38. The minimum atomic E-state index is -0.262. The fourth-order valence-electron chi connectivity index (χ4n) is 3.22. The molecule has 98 valence electrons. The number of hydrogen-bond donors (Lipinski definition) is 1. The number of hydrogen-bond acceptors (Lipinski definition) is 2. The zero-order chi connectivity index (χ0) is 12.7. The molecule has 3 rings (SSSR count). The number of ether oxygens (including phenoxy) is 1. The summed E-state index contributed by atoms with van der Waals surface area (Å²) < 4.78 is 19.5. The Morgan fingerprint density at radius 3 is 2.89 bits per heavy atom. The summed E-state index contributed by atoms with van der Waals surface area (Å²) in [5, 5.41) is 0.424. The van der Waals surface area contributed by atoms with E-state index in [0.717, 1.165) is 19.3 Å². The van der Waals surface area contributed by atoms with Crippen molar-refractivity contribution < 1.29 is 9.13 Å². The first-order valence-corrected chi connectivity index (χ1v) is 6.86. The molecule has 0 radical (unpaired) electrons. The fraction of sp³-hybridized carbons (Fsp3) is 0.571. The number of halogens is 2. The topological polar surface area (TPSA) is 35.2 Å². The Bertz CT molecular complexity index is 453. The van der Waals surface area contributed by atoms with E-state index in [4.69, 9.17) is 22.1 Å². The predicted octanol–water partition coefficient (Wildman–Crippen LogP) is 2.92. The van der Waals surface area contributed by atoms with Gasteiger partial charge in [-0.3, -0.25) is 0 Å². The van der Waals surface area contributed by atoms with E-state index in [1.54, 1.807) is 12.1 Å². The molecule has 2 fully saturated rings. The Morgan fingerprint density at radius 1 is 1.44 bits per heavy atom. The molecule has 2 heterocycles. The van der Waals surface area contributed by atoms with Gasteiger partial charge in [0.15, 0.2) is 0 Å². The Kier molecular flexibility index (Phi) is 3.31. The van der Waals surface area contributed by atoms with Crippen molar-refractivity contribution in [3.05, 3.63) is 34.6 Å². The molecule has 4 unspecified atom stereocenters. The van der Waals surface area contributed by atoms with Crippen LogP contribution in [0, 0.1) is 11.7 Å². The Hall–Kier alpha value is -0.640. The first-order valence-electron chi connectivity index (χ1n) is 6.48. The molecule has 0 amide bonds. The van der Waals surface area contributed by atoms with Crippen LogP contribution in [0.15, 0.2) is 18.2 Å². The molecule has 2 aliphatic rings. The van der Waals surface area contributed by atoms with Gasteiger partial charge in [0, 0.05) is 17.0 Å². The van der Waals surface area contributed by atoms with Crippen LogP contribution in [-0.2, 0) is 11.2 Å². The average molecular weight is 270 g/mol. The van der Waals surface area contributed by atoms with E-state index in [0.29, 0.717) is 35.1 Å². The number of fused-ring (bicyclic) bond motifs is 2. The molecule has 0 aromatic heterocycles. The van der Waals surface area contributed by atoms with E-state index in [1.807, 2.05) is 0 Å². The van der Waals surface area contributed by atoms with E-state index >= 15 is 0 Å². The number of benzene rings is 1. The predicted molar refractivity (Wildman–Crippen MR) is 69.1 cm³/mol. The van der Waals surface area contributed by atoms with Crippen molar-refractivity contribution in [2.24, 2.45) is 11.7 Å². The largest absolute Gasteiger partial charge is 0.375 e. The smallest absolute Gasteiger partial charge is 0.127 e. The molecule has 2 bridgehead atoms. The van der Waals surface area contributed by atoms with Crippen molar-refractivity contribution in [1.82, 2.24) is 0 Å². The van der Waals surface area contributed by atoms with Crippen LogP contribution in [0.4, 0.5) is 4.39 Å². The molecule has 2 N–H and O–H groups in total. The maximum Gasteiger partial charge on any atom is 0.127 e. The molecule has 0 aliphatic carbocycles. The van der Waals surface area contributed by atoms with Crippen molar-refractivity contribution >= 4 is 11.6 Å². The summed E-state index contributed by atoms with van der Waals surface area (Å²) in [5.74, 6) is 0.112. The summed E-state index contributed by atoms with van der Waals surface area (Å²) in [6.07, 6.45) is 4.53. The van der Waals surface area contributed by atoms with Gasteiger partial charge in [-0.2, -0.15) is 0 Å². The lowest BCUT2D eigenvalue weighted by molar-refractivity contribution is 0.0884. The van der Waals surface area contributed by atoms with E-state index in [2.05, 4.69) is 0 Å². The second-order valence-electron chi connectivity index (χ2n) is 5.38. The zero-order valence-corrected chi connectivity index (χ0v) is 10.9. The highest BCUT2D eigenvalue weighted by Crippen LogP contribution is 2.40. The van der Waals surface area contributed by atoms with Crippen LogP contribution in [0.3, 0.4) is 0 Å². The van der Waals surface area contributed by atoms with Crippen LogP contribution in [-0.4, -0.2) is 18.2 Å². The lowest BCUT2D eigenvalue weighted by Gasteiger charge is -2.25. The third-order valence-electron chi connectivity index (χ3n) is 4.17. The van der Waals surface area contributed by atoms with E-state index in [-0.39, 0.29) is 11.9 Å². The van der Waals surface area contributed by atoms with Crippen molar-refractivity contribution in [1.29, 1.82) is 0 Å². The molecule has 4 heteroatoms. The van der Waals surface area contributed by atoms with Crippen LogP contribution >= 0.6 is 11.6 Å². The van der Waals surface area contributed by atoms with Gasteiger partial charge in [0.1, 0.15) is 5.82 Å². The summed E-state index contributed by atoms with van der Waals surface area (Å²) in [6, 6.07) is 4.76. The summed E-state index contributed by atoms with van der Waals surface area (Å²) in [4.78, 5) is 0. The molecule has 2 aliphatic heterocycles. The quantitative estimate of drug-likeness (QED) is 0.916. The van der Waals surface area contributed by atoms with Gasteiger partial charge < -0.3 is 10.5 Å². The van der Waals surface area contributed by atoms with Crippen LogP contribution in [0.5, 0.6) is 0 Å². The third kappa shape index (κ3) is 2.27. The summed E-state index contributed by atoms with van der Waals surface area (Å²) in [6.45, 7) is 0. The third-order valence-corrected chi connectivity index (χ3v) is 4.41. The Morgan fingerprint density at radius 2 is 2.28 bits per heavy atom. The number of rotatable bonds is 3. The second kappa shape index (κ2) is 4.80. The van der Waals surface area contributed by atoms with Gasteiger partial charge in [-0.25, -0.2) is 4.39 Å². The maximum atomic E-state index is 13.7. The molecule has 0 spiro atoms. The summed E-state index contributed by atoms with van der Waals surface area (Å²) in [5.41, 5.74) is 6.87. The minimum Gasteiger partial charge on any atom is -0.375 e. The zero-order valence-electron chi connectivity index (χ0n) is 10.1. The van der Waals surface area contributed by atoms with Crippen LogP contribution < -0.4 is 5.73 Å². The molecule has 2 nitrogen and oxygen atoms in total. The van der Waals surface area contributed by atoms with Gasteiger partial charge >= 0.3 is 0 Å². The van der Waals surface area contributed by atoms with E-state index in [9.17, 15) is 4.39 Å². The molecule has 0 saturated carbocycles. The first kappa shape index (κ1) is 12.4. The van der Waals surface area contributed by atoms with Crippen molar-refractivity contribution in [3.8, 4) is 0 Å². The maximum absolute atomic E-state index is 13.7. The van der Waals surface area contributed by atoms with Crippen LogP contribution in [0.1, 0.15) is 24.8 Å². The Labute approximate surface area is 111 Å².